The van der Waals surface area contributed by atoms with Crippen molar-refractivity contribution >= 4 is 5.69 Å². The molecule has 2 N–H and O–H groups in total. The molecule has 0 unspecified atom stereocenters. The second kappa shape index (κ2) is 8.31. The minimum absolute atomic E-state index is 0.704. The summed E-state index contributed by atoms with van der Waals surface area (Å²) < 4.78 is 4.54. The summed E-state index contributed by atoms with van der Waals surface area (Å²) in [6, 6.07) is 4.47. The van der Waals surface area contributed by atoms with Crippen LogP contribution in [0.2, 0.25) is 0 Å². The number of hydrogen-bond donors (Lipinski definition) is 1. The molecule has 1 fully saturated rings. The molecule has 0 aliphatic heterocycles. The molecular formula is C18H31NO. The topological polar surface area (TPSA) is 35.2 Å². The maximum absolute atomic E-state index is 6.25. The summed E-state index contributed by atoms with van der Waals surface area (Å²) in [7, 11) is 1.68. The molecular weight excluding hydrogens is 246 g/mol. The van der Waals surface area contributed by atoms with Gasteiger partial charge in [-0.25, -0.2) is 0 Å². The Bertz CT molecular complexity index is 404. The van der Waals surface area contributed by atoms with Gasteiger partial charge in [0.1, 0.15) is 0 Å². The highest BCUT2D eigenvalue weighted by atomic mass is 16.5. The quantitative estimate of drug-likeness (QED) is 0.786. The van der Waals surface area contributed by atoms with E-state index in [0.717, 1.165) is 18.2 Å². The molecule has 0 amide bonds. The maximum Gasteiger partial charge on any atom is 0.0433 e. The van der Waals surface area contributed by atoms with E-state index in [9.17, 15) is 0 Å². The molecule has 1 aliphatic rings. The summed E-state index contributed by atoms with van der Waals surface area (Å²) in [4.78, 5) is 0. The van der Waals surface area contributed by atoms with Gasteiger partial charge in [-0.3, -0.25) is 0 Å². The van der Waals surface area contributed by atoms with Crippen LogP contribution in [0.5, 0.6) is 0 Å². The first-order chi connectivity index (χ1) is 9.51. The molecule has 0 aromatic heterocycles. The van der Waals surface area contributed by atoms with Crippen LogP contribution in [0.25, 0.3) is 0 Å². The zero-order valence-corrected chi connectivity index (χ0v) is 13.8. The third-order valence-electron chi connectivity index (χ3n) is 4.56. The predicted molar refractivity (Wildman–Crippen MR) is 88.3 cm³/mol. The molecule has 20 heavy (non-hydrogen) atoms. The number of ether oxygens (including phenoxy) is 1. The van der Waals surface area contributed by atoms with E-state index in [-0.39, 0.29) is 0 Å². The van der Waals surface area contributed by atoms with Crippen molar-refractivity contribution in [3.8, 4) is 0 Å². The van der Waals surface area contributed by atoms with Gasteiger partial charge in [-0.15, -0.1) is 0 Å². The molecule has 1 aromatic rings. The van der Waals surface area contributed by atoms with Crippen molar-refractivity contribution in [2.75, 3.05) is 19.5 Å². The highest BCUT2D eigenvalue weighted by Gasteiger charge is 2.21. The Balaban J connectivity index is 0.000000444. The zero-order valence-electron chi connectivity index (χ0n) is 13.8. The minimum Gasteiger partial charge on any atom is -0.398 e. The van der Waals surface area contributed by atoms with Gasteiger partial charge in [0.05, 0.1) is 0 Å². The molecule has 1 saturated carbocycles. The number of methoxy groups -OCH3 is 1. The molecule has 1 aliphatic carbocycles. The maximum atomic E-state index is 6.25. The lowest BCUT2D eigenvalue weighted by molar-refractivity contribution is 0.215. The molecule has 0 atom stereocenters. The van der Waals surface area contributed by atoms with Crippen molar-refractivity contribution in [3.05, 3.63) is 28.8 Å². The number of benzene rings is 1. The van der Waals surface area contributed by atoms with E-state index >= 15 is 0 Å². The van der Waals surface area contributed by atoms with E-state index in [1.54, 1.807) is 7.11 Å². The summed E-state index contributed by atoms with van der Waals surface area (Å²) in [6.45, 7) is 9.41. The predicted octanol–water partition coefficient (Wildman–Crippen LogP) is 4.83. The largest absolute Gasteiger partial charge is 0.398 e. The van der Waals surface area contributed by atoms with Crippen LogP contribution in [-0.2, 0) is 4.74 Å². The van der Waals surface area contributed by atoms with E-state index in [2.05, 4.69) is 37.6 Å². The highest BCUT2D eigenvalue weighted by Crippen LogP contribution is 2.38. The van der Waals surface area contributed by atoms with Crippen LogP contribution in [0.4, 0.5) is 5.69 Å². The lowest BCUT2D eigenvalue weighted by Crippen LogP contribution is -2.13. The summed E-state index contributed by atoms with van der Waals surface area (Å²) in [5, 5.41) is 0. The third kappa shape index (κ3) is 4.52. The van der Waals surface area contributed by atoms with Crippen LogP contribution >= 0.6 is 0 Å². The number of aryl methyl sites for hydroxylation is 1. The van der Waals surface area contributed by atoms with Gasteiger partial charge in [0.25, 0.3) is 0 Å². The monoisotopic (exact) mass is 277 g/mol. The first-order valence-electron chi connectivity index (χ1n) is 7.85. The van der Waals surface area contributed by atoms with Gasteiger partial charge in [-0.1, -0.05) is 31.9 Å². The lowest BCUT2D eigenvalue weighted by atomic mass is 9.78. The Kier molecular flexibility index (Phi) is 7.08. The molecule has 2 nitrogen and oxygen atoms in total. The average Bonchev–Trinajstić information content (AvgIpc) is 2.46. The van der Waals surface area contributed by atoms with Gasteiger partial charge in [0.2, 0.25) is 0 Å². The second-order valence-corrected chi connectivity index (χ2v) is 6.04. The molecule has 0 saturated heterocycles. The Morgan fingerprint density at radius 3 is 2.20 bits per heavy atom. The summed E-state index contributed by atoms with van der Waals surface area (Å²) in [5.41, 5.74) is 11.3. The second-order valence-electron chi connectivity index (χ2n) is 6.04. The van der Waals surface area contributed by atoms with Crippen LogP contribution in [0, 0.1) is 19.8 Å². The normalized spacial score (nSPS) is 22.1. The van der Waals surface area contributed by atoms with Gasteiger partial charge in [0.15, 0.2) is 0 Å². The molecule has 0 heterocycles. The third-order valence-corrected chi connectivity index (χ3v) is 4.56. The first-order valence-corrected chi connectivity index (χ1v) is 7.85. The molecule has 0 radical (unpaired) electrons. The van der Waals surface area contributed by atoms with Crippen molar-refractivity contribution in [1.29, 1.82) is 0 Å². The number of nitrogens with two attached hydrogens (primary N) is 1. The zero-order chi connectivity index (χ0) is 15.1. The Morgan fingerprint density at radius 2 is 1.70 bits per heavy atom. The lowest BCUT2D eigenvalue weighted by Gasteiger charge is -2.28. The summed E-state index contributed by atoms with van der Waals surface area (Å²) >= 11 is 0. The molecule has 2 rings (SSSR count). The van der Waals surface area contributed by atoms with Crippen molar-refractivity contribution in [2.45, 2.75) is 59.3 Å². The molecule has 114 valence electrons. The van der Waals surface area contributed by atoms with Crippen LogP contribution in [0.15, 0.2) is 12.1 Å². The molecule has 1 aromatic carbocycles. The van der Waals surface area contributed by atoms with Gasteiger partial charge in [-0.2, -0.15) is 0 Å². The van der Waals surface area contributed by atoms with Crippen LogP contribution in [-0.4, -0.2) is 13.7 Å². The van der Waals surface area contributed by atoms with E-state index in [1.165, 1.54) is 42.4 Å². The van der Waals surface area contributed by atoms with E-state index < -0.39 is 0 Å². The molecule has 0 bridgehead atoms. The average molecular weight is 277 g/mol. The van der Waals surface area contributed by atoms with Crippen molar-refractivity contribution in [1.82, 2.24) is 0 Å². The van der Waals surface area contributed by atoms with E-state index in [0.29, 0.717) is 5.92 Å². The van der Waals surface area contributed by atoms with Crippen LogP contribution in [0.1, 0.15) is 62.1 Å². The van der Waals surface area contributed by atoms with Crippen LogP contribution in [0.3, 0.4) is 0 Å². The fraction of sp³-hybridized carbons (Fsp3) is 0.667. The smallest absolute Gasteiger partial charge is 0.0433 e. The summed E-state index contributed by atoms with van der Waals surface area (Å²) in [5.74, 6) is 1.61. The molecule has 0 spiro atoms. The minimum atomic E-state index is 0.704. The summed E-state index contributed by atoms with van der Waals surface area (Å²) in [6.07, 6.45) is 5.34. The van der Waals surface area contributed by atoms with Crippen molar-refractivity contribution in [3.63, 3.8) is 0 Å². The van der Waals surface area contributed by atoms with Gasteiger partial charge in [0, 0.05) is 19.4 Å². The number of rotatable bonds is 2. The van der Waals surface area contributed by atoms with Crippen molar-refractivity contribution < 1.29 is 4.74 Å². The van der Waals surface area contributed by atoms with Gasteiger partial charge >= 0.3 is 0 Å². The Hall–Kier alpha value is -1.02. The Morgan fingerprint density at radius 1 is 1.15 bits per heavy atom. The highest BCUT2D eigenvalue weighted by molar-refractivity contribution is 5.57. The number of hydrogen-bond acceptors (Lipinski definition) is 2. The first kappa shape index (κ1) is 17.0. The Labute approximate surface area is 124 Å². The van der Waals surface area contributed by atoms with E-state index in [4.69, 9.17) is 5.73 Å². The standard InChI is InChI=1S/C15H23N.C3H8O/c1-10-4-7-13(8-5-10)14-9-6-11(2)12(3)15(14)16;1-3-4-2/h6,9-10,13H,4-5,7-8,16H2,1-3H3;3H2,1-2H3. The fourth-order valence-electron chi connectivity index (χ4n) is 2.79. The number of nitrogen functional groups attached to an aromatic ring is 1. The van der Waals surface area contributed by atoms with Gasteiger partial charge < -0.3 is 10.5 Å². The SMILES string of the molecule is CCOC.Cc1ccc(C2CCC(C)CC2)c(N)c1C. The van der Waals surface area contributed by atoms with Gasteiger partial charge in [-0.05, 0) is 62.1 Å². The van der Waals surface area contributed by atoms with Crippen molar-refractivity contribution in [2.24, 2.45) is 5.92 Å². The van der Waals surface area contributed by atoms with Crippen LogP contribution < -0.4 is 5.73 Å². The molecule has 2 heteroatoms. The van der Waals surface area contributed by atoms with E-state index in [1.807, 2.05) is 6.92 Å². The fourth-order valence-corrected chi connectivity index (χ4v) is 2.79. The number of anilines is 1.